The average Bonchev–Trinajstić information content (AvgIpc) is 2.39. The van der Waals surface area contributed by atoms with Crippen LogP contribution in [0, 0.1) is 0 Å². The first-order chi connectivity index (χ1) is 5.29. The summed E-state index contributed by atoms with van der Waals surface area (Å²) < 4.78 is 1.77. The van der Waals surface area contributed by atoms with Crippen LogP contribution in [0.15, 0.2) is 12.7 Å². The van der Waals surface area contributed by atoms with Crippen molar-refractivity contribution in [3.8, 4) is 0 Å². The number of hydrogen-bond acceptors (Lipinski definition) is 3. The molecule has 0 saturated heterocycles. The van der Waals surface area contributed by atoms with Gasteiger partial charge in [-0.2, -0.15) is 5.10 Å². The lowest BCUT2D eigenvalue weighted by atomic mass is 10.2. The van der Waals surface area contributed by atoms with Crippen LogP contribution in [-0.2, 0) is 6.54 Å². The van der Waals surface area contributed by atoms with Gasteiger partial charge in [0, 0.05) is 6.54 Å². The summed E-state index contributed by atoms with van der Waals surface area (Å²) in [6.45, 7) is 2.63. The molecule has 1 rings (SSSR count). The molecule has 1 aromatic heterocycles. The quantitative estimate of drug-likeness (QED) is 0.686. The fraction of sp³-hybridized carbons (Fsp3) is 0.714. The number of aliphatic hydroxyl groups is 1. The fourth-order valence-electron chi connectivity index (χ4n) is 0.897. The van der Waals surface area contributed by atoms with E-state index in [9.17, 15) is 0 Å². The van der Waals surface area contributed by atoms with Gasteiger partial charge in [0.15, 0.2) is 0 Å². The zero-order valence-electron chi connectivity index (χ0n) is 6.64. The van der Waals surface area contributed by atoms with E-state index in [2.05, 4.69) is 10.1 Å². The van der Waals surface area contributed by atoms with Crippen LogP contribution in [0.4, 0.5) is 0 Å². The van der Waals surface area contributed by atoms with E-state index in [-0.39, 0.29) is 6.10 Å². The number of aromatic nitrogens is 3. The van der Waals surface area contributed by atoms with Crippen molar-refractivity contribution in [3.63, 3.8) is 0 Å². The van der Waals surface area contributed by atoms with Gasteiger partial charge >= 0.3 is 0 Å². The second-order valence-electron chi connectivity index (χ2n) is 2.65. The molecule has 0 aliphatic heterocycles. The maximum absolute atomic E-state index is 8.94. The van der Waals surface area contributed by atoms with E-state index in [0.29, 0.717) is 0 Å². The molecule has 0 bridgehead atoms. The third-order valence-corrected chi connectivity index (χ3v) is 1.48. The Bertz CT molecular complexity index is 184. The Hall–Kier alpha value is -0.900. The van der Waals surface area contributed by atoms with Gasteiger partial charge in [0.25, 0.3) is 0 Å². The average molecular weight is 155 g/mol. The molecule has 0 aliphatic carbocycles. The van der Waals surface area contributed by atoms with Crippen LogP contribution >= 0.6 is 0 Å². The third-order valence-electron chi connectivity index (χ3n) is 1.48. The molecule has 0 amide bonds. The normalized spacial score (nSPS) is 13.3. The van der Waals surface area contributed by atoms with Gasteiger partial charge in [-0.05, 0) is 19.8 Å². The monoisotopic (exact) mass is 155 g/mol. The lowest BCUT2D eigenvalue weighted by molar-refractivity contribution is 0.179. The van der Waals surface area contributed by atoms with Gasteiger partial charge in [-0.15, -0.1) is 0 Å². The van der Waals surface area contributed by atoms with Crippen molar-refractivity contribution < 1.29 is 5.11 Å². The minimum atomic E-state index is -0.210. The standard InChI is InChI=1S/C7H13N3O/c1-7(11)3-2-4-10-6-8-5-9-10/h5-7,11H,2-4H2,1H3. The lowest BCUT2D eigenvalue weighted by Gasteiger charge is -2.02. The Labute approximate surface area is 65.9 Å². The minimum Gasteiger partial charge on any atom is -0.393 e. The summed E-state index contributed by atoms with van der Waals surface area (Å²) in [6, 6.07) is 0. The van der Waals surface area contributed by atoms with Gasteiger partial charge in [0.2, 0.25) is 0 Å². The van der Waals surface area contributed by atoms with E-state index >= 15 is 0 Å². The van der Waals surface area contributed by atoms with Crippen molar-refractivity contribution in [1.82, 2.24) is 14.8 Å². The molecule has 1 atom stereocenters. The highest BCUT2D eigenvalue weighted by atomic mass is 16.3. The van der Waals surface area contributed by atoms with Crippen molar-refractivity contribution in [2.75, 3.05) is 0 Å². The molecule has 1 aromatic rings. The summed E-state index contributed by atoms with van der Waals surface area (Å²) >= 11 is 0. The molecule has 0 radical (unpaired) electrons. The van der Waals surface area contributed by atoms with Crippen LogP contribution < -0.4 is 0 Å². The summed E-state index contributed by atoms with van der Waals surface area (Å²) in [5.41, 5.74) is 0. The topological polar surface area (TPSA) is 50.9 Å². The highest BCUT2D eigenvalue weighted by Crippen LogP contribution is 1.97. The summed E-state index contributed by atoms with van der Waals surface area (Å²) in [5.74, 6) is 0. The first-order valence-electron chi connectivity index (χ1n) is 3.79. The van der Waals surface area contributed by atoms with Gasteiger partial charge in [0.1, 0.15) is 12.7 Å². The van der Waals surface area contributed by atoms with Gasteiger partial charge < -0.3 is 5.11 Å². The molecule has 1 N–H and O–H groups in total. The molecule has 1 heterocycles. The third kappa shape index (κ3) is 3.13. The van der Waals surface area contributed by atoms with Crippen LogP contribution in [0.5, 0.6) is 0 Å². The molecular weight excluding hydrogens is 142 g/mol. The Morgan fingerprint density at radius 2 is 2.45 bits per heavy atom. The molecule has 4 nitrogen and oxygen atoms in total. The minimum absolute atomic E-state index is 0.210. The van der Waals surface area contributed by atoms with E-state index in [1.54, 1.807) is 17.9 Å². The predicted octanol–water partition coefficient (Wildman–Crippen LogP) is 0.439. The van der Waals surface area contributed by atoms with Gasteiger partial charge in [0.05, 0.1) is 6.10 Å². The number of aryl methyl sites for hydroxylation is 1. The van der Waals surface area contributed by atoms with E-state index in [1.165, 1.54) is 6.33 Å². The Balaban J connectivity index is 2.14. The first-order valence-corrected chi connectivity index (χ1v) is 3.79. The molecule has 0 aromatic carbocycles. The zero-order chi connectivity index (χ0) is 8.10. The highest BCUT2D eigenvalue weighted by molar-refractivity contribution is 4.56. The van der Waals surface area contributed by atoms with Crippen LogP contribution in [0.1, 0.15) is 19.8 Å². The summed E-state index contributed by atoms with van der Waals surface area (Å²) in [4.78, 5) is 3.81. The largest absolute Gasteiger partial charge is 0.393 e. The fourth-order valence-corrected chi connectivity index (χ4v) is 0.897. The van der Waals surface area contributed by atoms with Crippen molar-refractivity contribution in [1.29, 1.82) is 0 Å². The van der Waals surface area contributed by atoms with Crippen LogP contribution in [-0.4, -0.2) is 26.0 Å². The first kappa shape index (κ1) is 8.20. The predicted molar refractivity (Wildman–Crippen MR) is 40.9 cm³/mol. The van der Waals surface area contributed by atoms with Crippen molar-refractivity contribution in [3.05, 3.63) is 12.7 Å². The summed E-state index contributed by atoms with van der Waals surface area (Å²) in [5, 5.41) is 12.9. The second kappa shape index (κ2) is 4.08. The summed E-state index contributed by atoms with van der Waals surface area (Å²) in [7, 11) is 0. The van der Waals surface area contributed by atoms with Gasteiger partial charge in [-0.1, -0.05) is 0 Å². The van der Waals surface area contributed by atoms with E-state index in [0.717, 1.165) is 19.4 Å². The SMILES string of the molecule is CC(O)CCCn1cncn1. The lowest BCUT2D eigenvalue weighted by Crippen LogP contribution is -2.04. The van der Waals surface area contributed by atoms with E-state index in [4.69, 9.17) is 5.11 Å². The Morgan fingerprint density at radius 1 is 1.64 bits per heavy atom. The van der Waals surface area contributed by atoms with Crippen LogP contribution in [0.2, 0.25) is 0 Å². The molecule has 0 aliphatic rings. The molecule has 4 heteroatoms. The number of aliphatic hydroxyl groups excluding tert-OH is 1. The number of rotatable bonds is 4. The van der Waals surface area contributed by atoms with Crippen LogP contribution in [0.3, 0.4) is 0 Å². The Morgan fingerprint density at radius 3 is 3.00 bits per heavy atom. The maximum atomic E-state index is 8.94. The number of nitrogens with zero attached hydrogens (tertiary/aromatic N) is 3. The summed E-state index contributed by atoms with van der Waals surface area (Å²) in [6.07, 6.45) is 4.75. The molecule has 62 valence electrons. The molecule has 1 unspecified atom stereocenters. The molecular formula is C7H13N3O. The van der Waals surface area contributed by atoms with Crippen molar-refractivity contribution in [2.24, 2.45) is 0 Å². The van der Waals surface area contributed by atoms with E-state index < -0.39 is 0 Å². The van der Waals surface area contributed by atoms with Crippen LogP contribution in [0.25, 0.3) is 0 Å². The molecule has 0 fully saturated rings. The highest BCUT2D eigenvalue weighted by Gasteiger charge is 1.95. The molecule has 11 heavy (non-hydrogen) atoms. The number of hydrogen-bond donors (Lipinski definition) is 1. The second-order valence-corrected chi connectivity index (χ2v) is 2.65. The smallest absolute Gasteiger partial charge is 0.137 e. The Kier molecular flexibility index (Phi) is 3.04. The van der Waals surface area contributed by atoms with E-state index in [1.807, 2.05) is 0 Å². The van der Waals surface area contributed by atoms with Gasteiger partial charge in [-0.3, -0.25) is 4.68 Å². The van der Waals surface area contributed by atoms with Gasteiger partial charge in [-0.25, -0.2) is 4.98 Å². The van der Waals surface area contributed by atoms with Crippen molar-refractivity contribution >= 4 is 0 Å². The van der Waals surface area contributed by atoms with Crippen molar-refractivity contribution in [2.45, 2.75) is 32.4 Å². The maximum Gasteiger partial charge on any atom is 0.137 e. The zero-order valence-corrected chi connectivity index (χ0v) is 6.64. The molecule has 0 saturated carbocycles. The molecule has 0 spiro atoms.